The molecule has 0 spiro atoms. The summed E-state index contributed by atoms with van der Waals surface area (Å²) in [4.78, 5) is 12.1. The number of nitrogens with one attached hydrogen (secondary N) is 2. The van der Waals surface area contributed by atoms with Crippen molar-refractivity contribution in [3.8, 4) is 5.75 Å². The van der Waals surface area contributed by atoms with Crippen molar-refractivity contribution in [1.29, 1.82) is 0 Å². The Labute approximate surface area is 153 Å². The summed E-state index contributed by atoms with van der Waals surface area (Å²) in [6.45, 7) is 1.22. The Kier molecular flexibility index (Phi) is 7.14. The van der Waals surface area contributed by atoms with Gasteiger partial charge in [0.1, 0.15) is 5.75 Å². The lowest BCUT2D eigenvalue weighted by molar-refractivity contribution is -0.116. The van der Waals surface area contributed by atoms with E-state index in [9.17, 15) is 13.2 Å². The Morgan fingerprint density at radius 3 is 2.42 bits per heavy atom. The molecule has 0 fully saturated rings. The van der Waals surface area contributed by atoms with Crippen LogP contribution in [0, 0.1) is 0 Å². The standard InChI is InChI=1S/C18H23N3O4S/c1-25-17-5-3-2-4-16(17)21-18(22)11-13-20-12-10-14-6-8-15(9-7-14)26(19,23)24/h2-9,20H,10-13H2,1H3,(H,21,22)(H2,19,23,24). The fraction of sp³-hybridized carbons (Fsp3) is 0.278. The normalized spacial score (nSPS) is 11.2. The second kappa shape index (κ2) is 9.33. The Bertz CT molecular complexity index is 836. The molecule has 0 heterocycles. The number of hydrogen-bond donors (Lipinski definition) is 3. The first-order chi connectivity index (χ1) is 12.4. The van der Waals surface area contributed by atoms with Gasteiger partial charge in [0.25, 0.3) is 0 Å². The van der Waals surface area contributed by atoms with E-state index in [1.165, 1.54) is 12.1 Å². The number of primary sulfonamides is 1. The number of ether oxygens (including phenoxy) is 1. The quantitative estimate of drug-likeness (QED) is 0.574. The number of benzene rings is 2. The van der Waals surface area contributed by atoms with Crippen molar-refractivity contribution in [2.45, 2.75) is 17.7 Å². The van der Waals surface area contributed by atoms with E-state index < -0.39 is 10.0 Å². The van der Waals surface area contributed by atoms with Crippen LogP contribution in [-0.4, -0.2) is 34.5 Å². The van der Waals surface area contributed by atoms with Crippen LogP contribution < -0.4 is 20.5 Å². The second-order valence-corrected chi connectivity index (χ2v) is 7.25. The third-order valence-electron chi connectivity index (χ3n) is 3.75. The summed E-state index contributed by atoms with van der Waals surface area (Å²) in [5.74, 6) is 0.524. The van der Waals surface area contributed by atoms with Crippen LogP contribution in [-0.2, 0) is 21.2 Å². The molecule has 2 rings (SSSR count). The van der Waals surface area contributed by atoms with Crippen LogP contribution in [0.4, 0.5) is 5.69 Å². The van der Waals surface area contributed by atoms with Crippen molar-refractivity contribution in [2.75, 3.05) is 25.5 Å². The molecule has 0 aliphatic heterocycles. The summed E-state index contributed by atoms with van der Waals surface area (Å²) >= 11 is 0. The molecule has 0 aromatic heterocycles. The molecule has 0 saturated carbocycles. The molecule has 1 amide bonds. The van der Waals surface area contributed by atoms with Gasteiger partial charge in [0.2, 0.25) is 15.9 Å². The van der Waals surface area contributed by atoms with Gasteiger partial charge in [-0.2, -0.15) is 0 Å². The number of sulfonamides is 1. The van der Waals surface area contributed by atoms with Crippen LogP contribution in [0.3, 0.4) is 0 Å². The molecule has 0 bridgehead atoms. The molecule has 2 aromatic carbocycles. The average molecular weight is 377 g/mol. The first-order valence-electron chi connectivity index (χ1n) is 8.15. The van der Waals surface area contributed by atoms with Gasteiger partial charge in [0, 0.05) is 13.0 Å². The molecule has 0 saturated heterocycles. The van der Waals surface area contributed by atoms with Crippen LogP contribution in [0.25, 0.3) is 0 Å². The largest absolute Gasteiger partial charge is 0.495 e. The van der Waals surface area contributed by atoms with Crippen molar-refractivity contribution in [3.05, 3.63) is 54.1 Å². The summed E-state index contributed by atoms with van der Waals surface area (Å²) in [5.41, 5.74) is 1.64. The molecule has 0 aliphatic rings. The third-order valence-corrected chi connectivity index (χ3v) is 4.68. The highest BCUT2D eigenvalue weighted by atomic mass is 32.2. The van der Waals surface area contributed by atoms with E-state index in [2.05, 4.69) is 10.6 Å². The van der Waals surface area contributed by atoms with Gasteiger partial charge in [0.05, 0.1) is 17.7 Å². The Hall–Kier alpha value is -2.42. The fourth-order valence-electron chi connectivity index (χ4n) is 2.37. The van der Waals surface area contributed by atoms with Gasteiger partial charge >= 0.3 is 0 Å². The molecule has 26 heavy (non-hydrogen) atoms. The molecular weight excluding hydrogens is 354 g/mol. The highest BCUT2D eigenvalue weighted by Gasteiger charge is 2.07. The van der Waals surface area contributed by atoms with E-state index in [-0.39, 0.29) is 10.8 Å². The number of amides is 1. The first kappa shape index (κ1) is 19.9. The van der Waals surface area contributed by atoms with E-state index >= 15 is 0 Å². The van der Waals surface area contributed by atoms with Gasteiger partial charge in [-0.05, 0) is 42.8 Å². The lowest BCUT2D eigenvalue weighted by Crippen LogP contribution is -2.23. The Morgan fingerprint density at radius 2 is 1.77 bits per heavy atom. The van der Waals surface area contributed by atoms with E-state index in [4.69, 9.17) is 9.88 Å². The molecule has 4 N–H and O–H groups in total. The number of anilines is 1. The second-order valence-electron chi connectivity index (χ2n) is 5.69. The molecule has 140 valence electrons. The molecule has 0 aliphatic carbocycles. The summed E-state index contributed by atoms with van der Waals surface area (Å²) < 4.78 is 27.6. The number of methoxy groups -OCH3 is 1. The maximum atomic E-state index is 12.0. The van der Waals surface area contributed by atoms with Gasteiger partial charge in [0.15, 0.2) is 0 Å². The summed E-state index contributed by atoms with van der Waals surface area (Å²) in [7, 11) is -2.10. The molecule has 7 nitrogen and oxygen atoms in total. The summed E-state index contributed by atoms with van der Waals surface area (Å²) in [6, 6.07) is 13.7. The van der Waals surface area contributed by atoms with Gasteiger partial charge in [-0.15, -0.1) is 0 Å². The van der Waals surface area contributed by atoms with Gasteiger partial charge in [-0.1, -0.05) is 24.3 Å². The Balaban J connectivity index is 1.69. The molecular formula is C18H23N3O4S. The number of carbonyl (C=O) groups is 1. The van der Waals surface area contributed by atoms with Crippen molar-refractivity contribution in [1.82, 2.24) is 5.32 Å². The van der Waals surface area contributed by atoms with Gasteiger partial charge in [-0.3, -0.25) is 4.79 Å². The Morgan fingerprint density at radius 1 is 1.08 bits per heavy atom. The molecule has 0 unspecified atom stereocenters. The van der Waals surface area contributed by atoms with Gasteiger partial charge in [-0.25, -0.2) is 13.6 Å². The summed E-state index contributed by atoms with van der Waals surface area (Å²) in [5, 5.41) is 11.1. The summed E-state index contributed by atoms with van der Waals surface area (Å²) in [6.07, 6.45) is 1.06. The average Bonchev–Trinajstić information content (AvgIpc) is 2.61. The zero-order chi connectivity index (χ0) is 19.0. The lowest BCUT2D eigenvalue weighted by atomic mass is 10.1. The molecule has 8 heteroatoms. The van der Waals surface area contributed by atoms with Crippen molar-refractivity contribution in [2.24, 2.45) is 5.14 Å². The minimum absolute atomic E-state index is 0.0977. The van der Waals surface area contributed by atoms with Crippen molar-refractivity contribution in [3.63, 3.8) is 0 Å². The maximum Gasteiger partial charge on any atom is 0.238 e. The SMILES string of the molecule is COc1ccccc1NC(=O)CCNCCc1ccc(S(N)(=O)=O)cc1. The minimum atomic E-state index is -3.66. The van der Waals surface area contributed by atoms with Crippen molar-refractivity contribution >= 4 is 21.6 Å². The monoisotopic (exact) mass is 377 g/mol. The predicted octanol–water partition coefficient (Wildman–Crippen LogP) is 1.50. The third kappa shape index (κ3) is 6.14. The minimum Gasteiger partial charge on any atom is -0.495 e. The smallest absolute Gasteiger partial charge is 0.238 e. The van der Waals surface area contributed by atoms with E-state index in [1.54, 1.807) is 31.4 Å². The number of para-hydroxylation sites is 2. The highest BCUT2D eigenvalue weighted by Crippen LogP contribution is 2.22. The first-order valence-corrected chi connectivity index (χ1v) is 9.70. The van der Waals surface area contributed by atoms with E-state index in [1.807, 2.05) is 12.1 Å². The molecule has 0 radical (unpaired) electrons. The number of carbonyl (C=O) groups excluding carboxylic acids is 1. The number of hydrogen-bond acceptors (Lipinski definition) is 5. The van der Waals surface area contributed by atoms with E-state index in [0.717, 1.165) is 12.0 Å². The zero-order valence-electron chi connectivity index (χ0n) is 14.6. The number of rotatable bonds is 9. The topological polar surface area (TPSA) is 111 Å². The van der Waals surface area contributed by atoms with Gasteiger partial charge < -0.3 is 15.4 Å². The zero-order valence-corrected chi connectivity index (χ0v) is 15.4. The van der Waals surface area contributed by atoms with Crippen LogP contribution in [0.1, 0.15) is 12.0 Å². The van der Waals surface area contributed by atoms with Crippen LogP contribution in [0.5, 0.6) is 5.75 Å². The van der Waals surface area contributed by atoms with Crippen LogP contribution >= 0.6 is 0 Å². The van der Waals surface area contributed by atoms with Crippen LogP contribution in [0.15, 0.2) is 53.4 Å². The van der Waals surface area contributed by atoms with E-state index in [0.29, 0.717) is 30.9 Å². The highest BCUT2D eigenvalue weighted by molar-refractivity contribution is 7.89. The fourth-order valence-corrected chi connectivity index (χ4v) is 2.88. The lowest BCUT2D eigenvalue weighted by Gasteiger charge is -2.10. The molecule has 0 atom stereocenters. The molecule has 2 aromatic rings. The maximum absolute atomic E-state index is 12.0. The predicted molar refractivity (Wildman–Crippen MR) is 101 cm³/mol. The van der Waals surface area contributed by atoms with Crippen molar-refractivity contribution < 1.29 is 17.9 Å². The van der Waals surface area contributed by atoms with Crippen LogP contribution in [0.2, 0.25) is 0 Å². The number of nitrogens with two attached hydrogens (primary N) is 1.